The van der Waals surface area contributed by atoms with Crippen molar-refractivity contribution < 1.29 is 9.21 Å². The van der Waals surface area contributed by atoms with Crippen LogP contribution in [-0.4, -0.2) is 5.91 Å². The Hall–Kier alpha value is -2.23. The Labute approximate surface area is 112 Å². The zero-order valence-corrected chi connectivity index (χ0v) is 11.4. The smallest absolute Gasteiger partial charge is 0.259 e. The zero-order valence-electron chi connectivity index (χ0n) is 11.4. The molecule has 0 atom stereocenters. The van der Waals surface area contributed by atoms with E-state index in [0.717, 1.165) is 11.1 Å². The Morgan fingerprint density at radius 2 is 2.00 bits per heavy atom. The van der Waals surface area contributed by atoms with E-state index in [4.69, 9.17) is 10.2 Å². The number of rotatable bonds is 3. The summed E-state index contributed by atoms with van der Waals surface area (Å²) in [6, 6.07) is 5.42. The fraction of sp³-hybridized carbons (Fsp3) is 0.267. The monoisotopic (exact) mass is 258 g/mol. The van der Waals surface area contributed by atoms with Crippen LogP contribution in [0.4, 0.5) is 11.4 Å². The molecule has 2 aromatic rings. The first-order chi connectivity index (χ1) is 9.02. The lowest BCUT2D eigenvalue weighted by Gasteiger charge is -2.11. The van der Waals surface area contributed by atoms with Crippen LogP contribution in [0, 0.1) is 13.8 Å². The molecule has 19 heavy (non-hydrogen) atoms. The minimum Gasteiger partial charge on any atom is -0.469 e. The number of carbonyl (C=O) groups excluding carboxylic acids is 1. The number of hydrogen-bond acceptors (Lipinski definition) is 3. The Morgan fingerprint density at radius 3 is 2.68 bits per heavy atom. The van der Waals surface area contributed by atoms with Crippen LogP contribution >= 0.6 is 0 Å². The van der Waals surface area contributed by atoms with Gasteiger partial charge >= 0.3 is 0 Å². The third-order valence-corrected chi connectivity index (χ3v) is 3.23. The summed E-state index contributed by atoms with van der Waals surface area (Å²) in [7, 11) is 0. The van der Waals surface area contributed by atoms with Gasteiger partial charge in [-0.1, -0.05) is 6.92 Å². The molecule has 0 bridgehead atoms. The van der Waals surface area contributed by atoms with E-state index >= 15 is 0 Å². The summed E-state index contributed by atoms with van der Waals surface area (Å²) < 4.78 is 5.25. The van der Waals surface area contributed by atoms with E-state index in [0.29, 0.717) is 29.1 Å². The first-order valence-corrected chi connectivity index (χ1v) is 6.27. The van der Waals surface area contributed by atoms with E-state index in [2.05, 4.69) is 5.32 Å². The van der Waals surface area contributed by atoms with Gasteiger partial charge in [-0.15, -0.1) is 0 Å². The summed E-state index contributed by atoms with van der Waals surface area (Å²) in [6.07, 6.45) is 2.20. The van der Waals surface area contributed by atoms with Crippen LogP contribution in [0.2, 0.25) is 0 Å². The number of nitrogen functional groups attached to an aromatic ring is 1. The summed E-state index contributed by atoms with van der Waals surface area (Å²) in [5.74, 6) is 0.487. The van der Waals surface area contributed by atoms with Crippen LogP contribution in [-0.2, 0) is 6.42 Å². The molecule has 1 heterocycles. The predicted molar refractivity (Wildman–Crippen MR) is 76.4 cm³/mol. The second kappa shape index (κ2) is 5.18. The quantitative estimate of drug-likeness (QED) is 0.830. The summed E-state index contributed by atoms with van der Waals surface area (Å²) in [5, 5.41) is 2.83. The number of furan rings is 1. The third kappa shape index (κ3) is 2.62. The number of benzene rings is 1. The number of nitrogens with one attached hydrogen (secondary N) is 1. The molecule has 4 heteroatoms. The molecule has 0 aliphatic rings. The van der Waals surface area contributed by atoms with Gasteiger partial charge in [-0.25, -0.2) is 0 Å². The lowest BCUT2D eigenvalue weighted by molar-refractivity contribution is 0.102. The van der Waals surface area contributed by atoms with Crippen molar-refractivity contribution in [1.29, 1.82) is 0 Å². The highest BCUT2D eigenvalue weighted by Crippen LogP contribution is 2.24. The second-order valence-corrected chi connectivity index (χ2v) is 4.59. The third-order valence-electron chi connectivity index (χ3n) is 3.23. The number of hydrogen-bond donors (Lipinski definition) is 2. The van der Waals surface area contributed by atoms with E-state index in [1.165, 1.54) is 6.26 Å². The molecule has 3 N–H and O–H groups in total. The first kappa shape index (κ1) is 13.2. The molecule has 100 valence electrons. The van der Waals surface area contributed by atoms with Gasteiger partial charge in [0.2, 0.25) is 0 Å². The van der Waals surface area contributed by atoms with E-state index in [1.54, 1.807) is 6.07 Å². The van der Waals surface area contributed by atoms with E-state index in [9.17, 15) is 4.79 Å². The van der Waals surface area contributed by atoms with Crippen LogP contribution < -0.4 is 11.1 Å². The highest BCUT2D eigenvalue weighted by molar-refractivity contribution is 6.06. The van der Waals surface area contributed by atoms with Gasteiger partial charge in [0.1, 0.15) is 5.76 Å². The normalized spacial score (nSPS) is 10.5. The van der Waals surface area contributed by atoms with Crippen LogP contribution in [0.25, 0.3) is 0 Å². The maximum absolute atomic E-state index is 12.2. The molecule has 0 spiro atoms. The molecular formula is C15H18N2O2. The van der Waals surface area contributed by atoms with Gasteiger partial charge in [0, 0.05) is 6.42 Å². The summed E-state index contributed by atoms with van der Waals surface area (Å²) in [5.41, 5.74) is 9.88. The highest BCUT2D eigenvalue weighted by atomic mass is 16.3. The Morgan fingerprint density at radius 1 is 1.32 bits per heavy atom. The Balaban J connectivity index is 2.27. The van der Waals surface area contributed by atoms with Gasteiger partial charge in [-0.2, -0.15) is 0 Å². The molecule has 1 aromatic heterocycles. The minimum atomic E-state index is -0.194. The van der Waals surface area contributed by atoms with E-state index in [1.807, 2.05) is 32.9 Å². The summed E-state index contributed by atoms with van der Waals surface area (Å²) in [4.78, 5) is 12.2. The van der Waals surface area contributed by atoms with Crippen molar-refractivity contribution in [3.63, 3.8) is 0 Å². The van der Waals surface area contributed by atoms with Crippen molar-refractivity contribution in [2.75, 3.05) is 11.1 Å². The standard InChI is InChI=1S/C15H18N2O2/c1-4-14-11(5-6-19-14)15(18)17-13-8-10(3)9(2)7-12(13)16/h5-8H,4,16H2,1-3H3,(H,17,18). The van der Waals surface area contributed by atoms with Gasteiger partial charge in [0.25, 0.3) is 5.91 Å². The molecule has 4 nitrogen and oxygen atoms in total. The van der Waals surface area contributed by atoms with Crippen LogP contribution in [0.5, 0.6) is 0 Å². The average molecular weight is 258 g/mol. The molecule has 0 radical (unpaired) electrons. The van der Waals surface area contributed by atoms with Gasteiger partial charge in [-0.05, 0) is 43.2 Å². The number of nitrogens with two attached hydrogens (primary N) is 1. The summed E-state index contributed by atoms with van der Waals surface area (Å²) >= 11 is 0. The number of carbonyl (C=O) groups is 1. The topological polar surface area (TPSA) is 68.3 Å². The van der Waals surface area contributed by atoms with Crippen molar-refractivity contribution >= 4 is 17.3 Å². The fourth-order valence-corrected chi connectivity index (χ4v) is 1.95. The van der Waals surface area contributed by atoms with Crippen molar-refractivity contribution in [3.05, 3.63) is 46.9 Å². The molecule has 0 aliphatic heterocycles. The molecule has 0 unspecified atom stereocenters. The SMILES string of the molecule is CCc1occc1C(=O)Nc1cc(C)c(C)cc1N. The van der Waals surface area contributed by atoms with E-state index < -0.39 is 0 Å². The molecule has 0 fully saturated rings. The predicted octanol–water partition coefficient (Wildman–Crippen LogP) is 3.29. The van der Waals surface area contributed by atoms with Crippen LogP contribution in [0.3, 0.4) is 0 Å². The average Bonchev–Trinajstić information content (AvgIpc) is 2.84. The van der Waals surface area contributed by atoms with Crippen molar-refractivity contribution in [2.45, 2.75) is 27.2 Å². The molecule has 0 saturated heterocycles. The van der Waals surface area contributed by atoms with Gasteiger partial charge < -0.3 is 15.5 Å². The summed E-state index contributed by atoms with van der Waals surface area (Å²) in [6.45, 7) is 5.92. The molecule has 1 amide bonds. The van der Waals surface area contributed by atoms with Gasteiger partial charge in [0.05, 0.1) is 23.2 Å². The number of amides is 1. The van der Waals surface area contributed by atoms with Gasteiger partial charge in [0.15, 0.2) is 0 Å². The van der Waals surface area contributed by atoms with Gasteiger partial charge in [-0.3, -0.25) is 4.79 Å². The first-order valence-electron chi connectivity index (χ1n) is 6.27. The van der Waals surface area contributed by atoms with Crippen molar-refractivity contribution in [3.8, 4) is 0 Å². The molecular weight excluding hydrogens is 240 g/mol. The Kier molecular flexibility index (Phi) is 3.60. The molecule has 2 rings (SSSR count). The number of aryl methyl sites for hydroxylation is 3. The second-order valence-electron chi connectivity index (χ2n) is 4.59. The number of anilines is 2. The largest absolute Gasteiger partial charge is 0.469 e. The molecule has 0 saturated carbocycles. The maximum atomic E-state index is 12.2. The lowest BCUT2D eigenvalue weighted by Crippen LogP contribution is -2.14. The fourth-order valence-electron chi connectivity index (χ4n) is 1.95. The molecule has 1 aromatic carbocycles. The molecule has 0 aliphatic carbocycles. The van der Waals surface area contributed by atoms with Crippen LogP contribution in [0.15, 0.2) is 28.9 Å². The van der Waals surface area contributed by atoms with Crippen LogP contribution in [0.1, 0.15) is 34.2 Å². The van der Waals surface area contributed by atoms with E-state index in [-0.39, 0.29) is 5.91 Å². The van der Waals surface area contributed by atoms with Crippen molar-refractivity contribution in [2.24, 2.45) is 0 Å². The highest BCUT2D eigenvalue weighted by Gasteiger charge is 2.14. The lowest BCUT2D eigenvalue weighted by atomic mass is 10.1. The maximum Gasteiger partial charge on any atom is 0.259 e. The van der Waals surface area contributed by atoms with Crippen molar-refractivity contribution in [1.82, 2.24) is 0 Å². The zero-order chi connectivity index (χ0) is 14.0. The minimum absolute atomic E-state index is 0.194. The Bertz CT molecular complexity index is 615.